The summed E-state index contributed by atoms with van der Waals surface area (Å²) in [4.78, 5) is 0. The predicted molar refractivity (Wildman–Crippen MR) is 47.2 cm³/mol. The van der Waals surface area contributed by atoms with Gasteiger partial charge in [-0.05, 0) is 50.4 Å². The summed E-state index contributed by atoms with van der Waals surface area (Å²) in [5.74, 6) is 0. The van der Waals surface area contributed by atoms with E-state index in [1.54, 1.807) is 0 Å². The summed E-state index contributed by atoms with van der Waals surface area (Å²) >= 11 is 0. The SMILES string of the molecule is [C]1CCC2(CC1)CCCCC2. The molecule has 0 aromatic carbocycles. The molecule has 0 N–H and O–H groups in total. The molecule has 2 saturated carbocycles. The average Bonchev–Trinajstić information content (AvgIpc) is 2.07. The number of hydrogen-bond acceptors (Lipinski definition) is 0. The van der Waals surface area contributed by atoms with Crippen LogP contribution in [0, 0.1) is 11.8 Å². The first kappa shape index (κ1) is 7.64. The van der Waals surface area contributed by atoms with Gasteiger partial charge in [0.05, 0.1) is 0 Å². The highest BCUT2D eigenvalue weighted by Gasteiger charge is 2.32. The van der Waals surface area contributed by atoms with Gasteiger partial charge in [0.15, 0.2) is 0 Å². The molecule has 2 aliphatic carbocycles. The number of hydrogen-bond donors (Lipinski definition) is 0. The van der Waals surface area contributed by atoms with E-state index in [0.717, 1.165) is 5.41 Å². The number of rotatable bonds is 0. The molecular weight excluding hydrogens is 132 g/mol. The summed E-state index contributed by atoms with van der Waals surface area (Å²) in [7, 11) is 0. The second-order valence-corrected chi connectivity index (χ2v) is 4.31. The fourth-order valence-electron chi connectivity index (χ4n) is 2.76. The van der Waals surface area contributed by atoms with Gasteiger partial charge in [-0.3, -0.25) is 0 Å². The van der Waals surface area contributed by atoms with E-state index in [1.807, 2.05) is 0 Å². The van der Waals surface area contributed by atoms with Crippen LogP contribution in [0.2, 0.25) is 0 Å². The van der Waals surface area contributed by atoms with Crippen molar-refractivity contribution in [2.24, 2.45) is 5.41 Å². The highest BCUT2D eigenvalue weighted by atomic mass is 14.4. The lowest BCUT2D eigenvalue weighted by Crippen LogP contribution is -2.26. The quantitative estimate of drug-likeness (QED) is 0.495. The standard InChI is InChI=1S/C11H18/c1-3-7-11(8-4-1)9-5-2-6-10-11/h1,3-10H2. The van der Waals surface area contributed by atoms with Gasteiger partial charge < -0.3 is 0 Å². The van der Waals surface area contributed by atoms with Crippen LogP contribution in [0.15, 0.2) is 0 Å². The van der Waals surface area contributed by atoms with E-state index >= 15 is 0 Å². The van der Waals surface area contributed by atoms with Crippen LogP contribution in [-0.4, -0.2) is 0 Å². The van der Waals surface area contributed by atoms with Gasteiger partial charge in [-0.25, -0.2) is 0 Å². The molecule has 2 fully saturated rings. The van der Waals surface area contributed by atoms with Crippen LogP contribution in [-0.2, 0) is 0 Å². The molecule has 0 bridgehead atoms. The van der Waals surface area contributed by atoms with E-state index in [-0.39, 0.29) is 0 Å². The minimum absolute atomic E-state index is 0.795. The van der Waals surface area contributed by atoms with Crippen LogP contribution in [0.5, 0.6) is 0 Å². The monoisotopic (exact) mass is 150 g/mol. The first-order chi connectivity index (χ1) is 5.41. The van der Waals surface area contributed by atoms with Crippen LogP contribution in [0.25, 0.3) is 0 Å². The summed E-state index contributed by atoms with van der Waals surface area (Å²) in [5, 5.41) is 0. The molecule has 0 amide bonds. The van der Waals surface area contributed by atoms with Gasteiger partial charge in [0.1, 0.15) is 0 Å². The highest BCUT2D eigenvalue weighted by Crippen LogP contribution is 2.46. The maximum atomic E-state index is 3.46. The maximum Gasteiger partial charge on any atom is -0.0173 e. The Hall–Kier alpha value is 0. The van der Waals surface area contributed by atoms with Crippen molar-refractivity contribution in [1.82, 2.24) is 0 Å². The van der Waals surface area contributed by atoms with Crippen LogP contribution >= 0.6 is 0 Å². The Morgan fingerprint density at radius 1 is 0.727 bits per heavy atom. The van der Waals surface area contributed by atoms with Gasteiger partial charge in [-0.15, -0.1) is 0 Å². The van der Waals surface area contributed by atoms with Gasteiger partial charge in [-0.2, -0.15) is 0 Å². The van der Waals surface area contributed by atoms with E-state index in [0.29, 0.717) is 0 Å². The summed E-state index contributed by atoms with van der Waals surface area (Å²) in [6.07, 6.45) is 16.5. The van der Waals surface area contributed by atoms with Gasteiger partial charge in [-0.1, -0.05) is 19.3 Å². The molecule has 62 valence electrons. The van der Waals surface area contributed by atoms with Crippen molar-refractivity contribution >= 4 is 0 Å². The Labute approximate surface area is 70.4 Å². The van der Waals surface area contributed by atoms with Crippen molar-refractivity contribution in [2.45, 2.75) is 57.8 Å². The smallest absolute Gasteiger partial charge is 0.0173 e. The third-order valence-corrected chi connectivity index (χ3v) is 3.58. The lowest BCUT2D eigenvalue weighted by molar-refractivity contribution is 0.140. The summed E-state index contributed by atoms with van der Waals surface area (Å²) in [6, 6.07) is 0. The van der Waals surface area contributed by atoms with Gasteiger partial charge in [0.2, 0.25) is 0 Å². The topological polar surface area (TPSA) is 0 Å². The molecule has 0 aromatic rings. The fourth-order valence-corrected chi connectivity index (χ4v) is 2.76. The molecule has 0 unspecified atom stereocenters. The molecule has 0 heteroatoms. The van der Waals surface area contributed by atoms with Crippen LogP contribution < -0.4 is 0 Å². The predicted octanol–water partition coefficient (Wildman–Crippen LogP) is 3.59. The second kappa shape index (κ2) is 3.16. The van der Waals surface area contributed by atoms with Crippen molar-refractivity contribution in [3.8, 4) is 0 Å². The lowest BCUT2D eigenvalue weighted by Gasteiger charge is -2.40. The molecule has 0 atom stereocenters. The Morgan fingerprint density at radius 2 is 1.36 bits per heavy atom. The van der Waals surface area contributed by atoms with Crippen molar-refractivity contribution in [1.29, 1.82) is 0 Å². The van der Waals surface area contributed by atoms with E-state index in [4.69, 9.17) is 0 Å². The maximum absolute atomic E-state index is 3.46. The van der Waals surface area contributed by atoms with Crippen molar-refractivity contribution in [2.75, 3.05) is 0 Å². The molecule has 0 aromatic heterocycles. The Balaban J connectivity index is 1.94. The van der Waals surface area contributed by atoms with Crippen LogP contribution in [0.1, 0.15) is 57.8 Å². The van der Waals surface area contributed by atoms with Crippen molar-refractivity contribution < 1.29 is 0 Å². The molecule has 1 spiro atoms. The summed E-state index contributed by atoms with van der Waals surface area (Å²) in [5.41, 5.74) is 0.795. The minimum atomic E-state index is 0.795. The molecule has 11 heavy (non-hydrogen) atoms. The highest BCUT2D eigenvalue weighted by molar-refractivity contribution is 4.90. The van der Waals surface area contributed by atoms with Crippen molar-refractivity contribution in [3.63, 3.8) is 0 Å². The lowest BCUT2D eigenvalue weighted by atomic mass is 9.65. The molecule has 0 saturated heterocycles. The van der Waals surface area contributed by atoms with E-state index < -0.39 is 0 Å². The Kier molecular flexibility index (Phi) is 2.20. The first-order valence-corrected chi connectivity index (χ1v) is 5.12. The fraction of sp³-hybridized carbons (Fsp3) is 0.909. The first-order valence-electron chi connectivity index (χ1n) is 5.12. The normalized spacial score (nSPS) is 30.5. The zero-order valence-electron chi connectivity index (χ0n) is 7.36. The third-order valence-electron chi connectivity index (χ3n) is 3.58. The molecule has 0 nitrogen and oxygen atoms in total. The third kappa shape index (κ3) is 1.60. The van der Waals surface area contributed by atoms with Gasteiger partial charge in [0, 0.05) is 0 Å². The van der Waals surface area contributed by atoms with Crippen LogP contribution in [0.4, 0.5) is 0 Å². The van der Waals surface area contributed by atoms with Gasteiger partial charge >= 0.3 is 0 Å². The summed E-state index contributed by atoms with van der Waals surface area (Å²) < 4.78 is 0. The van der Waals surface area contributed by atoms with E-state index in [9.17, 15) is 0 Å². The molecule has 0 heterocycles. The van der Waals surface area contributed by atoms with Gasteiger partial charge in [0.25, 0.3) is 0 Å². The zero-order valence-corrected chi connectivity index (χ0v) is 7.36. The molecule has 2 rings (SSSR count). The molecule has 0 aliphatic heterocycles. The minimum Gasteiger partial charge on any atom is -0.0533 e. The molecular formula is C11H18. The molecule has 2 aliphatic rings. The largest absolute Gasteiger partial charge is 0.0533 e. The van der Waals surface area contributed by atoms with E-state index in [2.05, 4.69) is 6.42 Å². The summed E-state index contributed by atoms with van der Waals surface area (Å²) in [6.45, 7) is 0. The van der Waals surface area contributed by atoms with E-state index in [1.165, 1.54) is 57.8 Å². The van der Waals surface area contributed by atoms with Crippen LogP contribution in [0.3, 0.4) is 0 Å². The second-order valence-electron chi connectivity index (χ2n) is 4.31. The molecule has 2 radical (unpaired) electrons. The Bertz CT molecular complexity index is 94.5. The average molecular weight is 150 g/mol. The van der Waals surface area contributed by atoms with Crippen molar-refractivity contribution in [3.05, 3.63) is 6.42 Å². The zero-order chi connectivity index (χ0) is 7.57. The Morgan fingerprint density at radius 3 is 2.00 bits per heavy atom.